The van der Waals surface area contributed by atoms with Crippen LogP contribution >= 0.6 is 0 Å². The van der Waals surface area contributed by atoms with Crippen molar-refractivity contribution in [3.05, 3.63) is 0 Å². The van der Waals surface area contributed by atoms with Crippen molar-refractivity contribution in [2.45, 2.75) is 52.6 Å². The lowest BCUT2D eigenvalue weighted by Crippen LogP contribution is -2.53. The molecule has 0 spiro atoms. The Balaban J connectivity index is 2.70. The van der Waals surface area contributed by atoms with Crippen LogP contribution in [0, 0.1) is 5.92 Å². The van der Waals surface area contributed by atoms with Gasteiger partial charge in [0.2, 0.25) is 11.8 Å². The molecule has 0 unspecified atom stereocenters. The summed E-state index contributed by atoms with van der Waals surface area (Å²) < 4.78 is 4.86. The second-order valence-electron chi connectivity index (χ2n) is 5.36. The molecule has 0 aromatic heterocycles. The molecule has 0 aromatic rings. The monoisotopic (exact) mass is 284 g/mol. The largest absolute Gasteiger partial charge is 0.464 e. The summed E-state index contributed by atoms with van der Waals surface area (Å²) in [5, 5.41) is 2.64. The van der Waals surface area contributed by atoms with Gasteiger partial charge in [0, 0.05) is 13.0 Å². The summed E-state index contributed by atoms with van der Waals surface area (Å²) in [6.07, 6.45) is 1.27. The summed E-state index contributed by atoms with van der Waals surface area (Å²) in [5.74, 6) is -0.763. The quantitative estimate of drug-likeness (QED) is 0.729. The number of rotatable bonds is 6. The third-order valence-corrected chi connectivity index (χ3v) is 3.34. The zero-order chi connectivity index (χ0) is 15.3. The highest BCUT2D eigenvalue weighted by atomic mass is 16.5. The Morgan fingerprint density at radius 1 is 1.35 bits per heavy atom. The molecule has 1 rings (SSSR count). The molecule has 0 saturated carbocycles. The number of amides is 2. The molecule has 1 N–H and O–H groups in total. The number of nitrogens with one attached hydrogen (secondary N) is 1. The fraction of sp³-hybridized carbons (Fsp3) is 0.786. The molecule has 20 heavy (non-hydrogen) atoms. The molecule has 1 aliphatic heterocycles. The topological polar surface area (TPSA) is 75.7 Å². The minimum Gasteiger partial charge on any atom is -0.464 e. The summed E-state index contributed by atoms with van der Waals surface area (Å²) >= 11 is 0. The highest BCUT2D eigenvalue weighted by Crippen LogP contribution is 2.19. The highest BCUT2D eigenvalue weighted by molar-refractivity contribution is 5.91. The summed E-state index contributed by atoms with van der Waals surface area (Å²) in [5.41, 5.74) is 0. The average molecular weight is 284 g/mol. The van der Waals surface area contributed by atoms with Gasteiger partial charge in [0.1, 0.15) is 12.1 Å². The van der Waals surface area contributed by atoms with Crippen molar-refractivity contribution in [3.63, 3.8) is 0 Å². The Morgan fingerprint density at radius 2 is 2.00 bits per heavy atom. The lowest BCUT2D eigenvalue weighted by atomic mass is 10.0. The second kappa shape index (κ2) is 7.26. The van der Waals surface area contributed by atoms with E-state index in [0.29, 0.717) is 13.0 Å². The number of ether oxygens (including phenoxy) is 1. The minimum atomic E-state index is -0.707. The number of carbonyl (C=O) groups excluding carboxylic acids is 3. The molecule has 2 atom stereocenters. The van der Waals surface area contributed by atoms with E-state index in [-0.39, 0.29) is 24.3 Å². The van der Waals surface area contributed by atoms with Gasteiger partial charge in [-0.25, -0.2) is 4.79 Å². The van der Waals surface area contributed by atoms with E-state index < -0.39 is 18.1 Å². The summed E-state index contributed by atoms with van der Waals surface area (Å²) in [7, 11) is 0. The van der Waals surface area contributed by atoms with Gasteiger partial charge in [-0.2, -0.15) is 0 Å². The van der Waals surface area contributed by atoms with Crippen LogP contribution < -0.4 is 5.32 Å². The van der Waals surface area contributed by atoms with Gasteiger partial charge in [-0.3, -0.25) is 9.59 Å². The lowest BCUT2D eigenvalue weighted by Gasteiger charge is -2.30. The number of hydrogen-bond acceptors (Lipinski definition) is 4. The van der Waals surface area contributed by atoms with Gasteiger partial charge in [0.15, 0.2) is 0 Å². The Labute approximate surface area is 119 Å². The first-order chi connectivity index (χ1) is 9.38. The summed E-state index contributed by atoms with van der Waals surface area (Å²) in [6.45, 7) is 7.96. The molecule has 114 valence electrons. The van der Waals surface area contributed by atoms with Gasteiger partial charge >= 0.3 is 5.97 Å². The normalized spacial score (nSPS) is 18.1. The predicted molar refractivity (Wildman–Crippen MR) is 73.8 cm³/mol. The molecule has 0 aliphatic carbocycles. The van der Waals surface area contributed by atoms with Crippen LogP contribution in [-0.2, 0) is 19.1 Å². The van der Waals surface area contributed by atoms with Crippen molar-refractivity contribution in [1.29, 1.82) is 0 Å². The standard InChI is InChI=1S/C14H24N2O4/c1-5-20-14(19)10(4)15-13(18)12(9(2)3)16-8-6-7-11(16)17/h9-10,12H,5-8H2,1-4H3,(H,15,18)/t10-,12+/m1/s1. The molecule has 1 fully saturated rings. The van der Waals surface area contributed by atoms with E-state index in [1.54, 1.807) is 18.7 Å². The Hall–Kier alpha value is -1.59. The SMILES string of the molecule is CCOC(=O)[C@@H](C)NC(=O)[C@H](C(C)C)N1CCCC1=O. The molecular weight excluding hydrogens is 260 g/mol. The lowest BCUT2D eigenvalue weighted by molar-refractivity contribution is -0.148. The van der Waals surface area contributed by atoms with E-state index in [2.05, 4.69) is 5.32 Å². The van der Waals surface area contributed by atoms with E-state index >= 15 is 0 Å². The smallest absolute Gasteiger partial charge is 0.328 e. The molecule has 0 bridgehead atoms. The van der Waals surface area contributed by atoms with E-state index in [4.69, 9.17) is 4.74 Å². The Bertz CT molecular complexity index is 381. The van der Waals surface area contributed by atoms with Crippen LogP contribution in [0.2, 0.25) is 0 Å². The first-order valence-corrected chi connectivity index (χ1v) is 7.15. The van der Waals surface area contributed by atoms with E-state index in [1.807, 2.05) is 13.8 Å². The summed E-state index contributed by atoms with van der Waals surface area (Å²) in [4.78, 5) is 37.3. The van der Waals surface area contributed by atoms with Crippen LogP contribution in [0.15, 0.2) is 0 Å². The average Bonchev–Trinajstić information content (AvgIpc) is 2.75. The maximum atomic E-state index is 12.3. The number of carbonyl (C=O) groups is 3. The van der Waals surface area contributed by atoms with Gasteiger partial charge in [0.05, 0.1) is 6.61 Å². The third kappa shape index (κ3) is 3.95. The number of esters is 1. The molecule has 6 nitrogen and oxygen atoms in total. The van der Waals surface area contributed by atoms with Crippen molar-refractivity contribution in [3.8, 4) is 0 Å². The molecule has 2 amide bonds. The van der Waals surface area contributed by atoms with Crippen LogP contribution in [-0.4, -0.2) is 47.9 Å². The van der Waals surface area contributed by atoms with Crippen LogP contribution in [0.4, 0.5) is 0 Å². The van der Waals surface area contributed by atoms with E-state index in [9.17, 15) is 14.4 Å². The zero-order valence-corrected chi connectivity index (χ0v) is 12.6. The van der Waals surface area contributed by atoms with Crippen LogP contribution in [0.1, 0.15) is 40.5 Å². The Morgan fingerprint density at radius 3 is 2.45 bits per heavy atom. The molecule has 0 aromatic carbocycles. The third-order valence-electron chi connectivity index (χ3n) is 3.34. The van der Waals surface area contributed by atoms with Crippen molar-refractivity contribution in [2.24, 2.45) is 5.92 Å². The second-order valence-corrected chi connectivity index (χ2v) is 5.36. The van der Waals surface area contributed by atoms with E-state index in [0.717, 1.165) is 6.42 Å². The van der Waals surface area contributed by atoms with E-state index in [1.165, 1.54) is 0 Å². The Kier molecular flexibility index (Phi) is 5.98. The van der Waals surface area contributed by atoms with Crippen LogP contribution in [0.25, 0.3) is 0 Å². The number of hydrogen-bond donors (Lipinski definition) is 1. The van der Waals surface area contributed by atoms with Gasteiger partial charge in [0.25, 0.3) is 0 Å². The van der Waals surface area contributed by atoms with Gasteiger partial charge in [-0.1, -0.05) is 13.8 Å². The summed E-state index contributed by atoms with van der Waals surface area (Å²) in [6, 6.07) is -1.23. The molecule has 1 aliphatic rings. The number of nitrogens with zero attached hydrogens (tertiary/aromatic N) is 1. The predicted octanol–water partition coefficient (Wildman–Crippen LogP) is 0.701. The fourth-order valence-corrected chi connectivity index (χ4v) is 2.39. The van der Waals surface area contributed by atoms with Crippen LogP contribution in [0.5, 0.6) is 0 Å². The van der Waals surface area contributed by atoms with Crippen molar-refractivity contribution < 1.29 is 19.1 Å². The molecule has 6 heteroatoms. The van der Waals surface area contributed by atoms with Gasteiger partial charge < -0.3 is 15.0 Å². The number of likely N-dealkylation sites (tertiary alicyclic amines) is 1. The van der Waals surface area contributed by atoms with Crippen molar-refractivity contribution in [2.75, 3.05) is 13.2 Å². The van der Waals surface area contributed by atoms with Crippen molar-refractivity contribution >= 4 is 17.8 Å². The maximum Gasteiger partial charge on any atom is 0.328 e. The molecular formula is C14H24N2O4. The molecule has 1 heterocycles. The fourth-order valence-electron chi connectivity index (χ4n) is 2.39. The first kappa shape index (κ1) is 16.5. The first-order valence-electron chi connectivity index (χ1n) is 7.15. The van der Waals surface area contributed by atoms with Crippen LogP contribution in [0.3, 0.4) is 0 Å². The maximum absolute atomic E-state index is 12.3. The van der Waals surface area contributed by atoms with Gasteiger partial charge in [-0.15, -0.1) is 0 Å². The highest BCUT2D eigenvalue weighted by Gasteiger charge is 2.35. The van der Waals surface area contributed by atoms with Gasteiger partial charge in [-0.05, 0) is 26.2 Å². The molecule has 1 saturated heterocycles. The zero-order valence-electron chi connectivity index (χ0n) is 12.6. The minimum absolute atomic E-state index is 0.00244. The molecule has 0 radical (unpaired) electrons. The van der Waals surface area contributed by atoms with Crippen molar-refractivity contribution in [1.82, 2.24) is 10.2 Å².